The van der Waals surface area contributed by atoms with Gasteiger partial charge in [0.05, 0.1) is 5.92 Å². The molecule has 0 heterocycles. The lowest BCUT2D eigenvalue weighted by molar-refractivity contribution is -0.122. The van der Waals surface area contributed by atoms with Crippen molar-refractivity contribution in [3.63, 3.8) is 0 Å². The van der Waals surface area contributed by atoms with Crippen molar-refractivity contribution in [2.24, 2.45) is 5.92 Å². The van der Waals surface area contributed by atoms with Crippen LogP contribution in [0.4, 0.5) is 0 Å². The minimum Gasteiger partial charge on any atom is -0.354 e. The Balaban J connectivity index is 2.59. The highest BCUT2D eigenvalue weighted by Gasteiger charge is 2.19. The molecule has 0 fully saturated rings. The number of carbonyl (C=O) groups excluding carboxylic acids is 1. The normalized spacial score (nSPS) is 14.3. The van der Waals surface area contributed by atoms with Gasteiger partial charge in [0.25, 0.3) is 0 Å². The molecular formula is C15H22BrNO. The first-order chi connectivity index (χ1) is 8.56. The second-order valence-corrected chi connectivity index (χ2v) is 6.05. The second-order valence-electron chi connectivity index (χ2n) is 4.88. The fraction of sp³-hybridized carbons (Fsp3) is 0.533. The molecule has 18 heavy (non-hydrogen) atoms. The van der Waals surface area contributed by atoms with E-state index in [1.807, 2.05) is 37.3 Å². The van der Waals surface area contributed by atoms with Crippen LogP contribution < -0.4 is 5.32 Å². The van der Waals surface area contributed by atoms with E-state index in [0.29, 0.717) is 17.3 Å². The summed E-state index contributed by atoms with van der Waals surface area (Å²) in [6, 6.07) is 9.96. The summed E-state index contributed by atoms with van der Waals surface area (Å²) in [6.07, 6.45) is 0.824. The molecule has 2 atom stereocenters. The summed E-state index contributed by atoms with van der Waals surface area (Å²) in [7, 11) is 0. The van der Waals surface area contributed by atoms with Gasteiger partial charge in [-0.05, 0) is 17.9 Å². The molecule has 0 spiro atoms. The van der Waals surface area contributed by atoms with Crippen LogP contribution in [0.15, 0.2) is 30.3 Å². The van der Waals surface area contributed by atoms with Gasteiger partial charge in [-0.1, -0.05) is 67.0 Å². The molecule has 0 saturated carbocycles. The Kier molecular flexibility index (Phi) is 6.41. The number of rotatable bonds is 6. The molecule has 1 N–H and O–H groups in total. The Hall–Kier alpha value is -0.830. The molecule has 0 aliphatic carbocycles. The van der Waals surface area contributed by atoms with Crippen LogP contribution in [0.25, 0.3) is 0 Å². The molecule has 0 aromatic heterocycles. The molecule has 3 heteroatoms. The number of nitrogens with one attached hydrogen (secondary N) is 1. The zero-order chi connectivity index (χ0) is 13.5. The van der Waals surface area contributed by atoms with E-state index in [1.165, 1.54) is 0 Å². The van der Waals surface area contributed by atoms with Crippen molar-refractivity contribution in [3.05, 3.63) is 35.9 Å². The van der Waals surface area contributed by atoms with Crippen LogP contribution in [-0.2, 0) is 4.79 Å². The number of benzene rings is 1. The first-order valence-electron chi connectivity index (χ1n) is 6.53. The highest BCUT2D eigenvalue weighted by atomic mass is 79.9. The van der Waals surface area contributed by atoms with Crippen LogP contribution in [0.1, 0.15) is 38.7 Å². The standard InChI is InChI=1S/C15H22BrNO/c1-4-13(12-8-6-5-7-9-12)15(18)17-10-14(16)11(2)3/h5-9,11,13-14H,4,10H2,1-3H3,(H,17,18). The summed E-state index contributed by atoms with van der Waals surface area (Å²) in [5.74, 6) is 0.592. The van der Waals surface area contributed by atoms with Gasteiger partial charge in [0, 0.05) is 11.4 Å². The van der Waals surface area contributed by atoms with Crippen molar-refractivity contribution in [2.75, 3.05) is 6.54 Å². The van der Waals surface area contributed by atoms with Gasteiger partial charge in [-0.25, -0.2) is 0 Å². The summed E-state index contributed by atoms with van der Waals surface area (Å²) < 4.78 is 0. The van der Waals surface area contributed by atoms with Gasteiger partial charge in [-0.3, -0.25) is 4.79 Å². The molecule has 0 saturated heterocycles. The molecule has 0 bridgehead atoms. The van der Waals surface area contributed by atoms with Gasteiger partial charge in [0.15, 0.2) is 0 Å². The minimum atomic E-state index is -0.0435. The van der Waals surface area contributed by atoms with E-state index in [-0.39, 0.29) is 11.8 Å². The third kappa shape index (κ3) is 4.45. The first kappa shape index (κ1) is 15.2. The van der Waals surface area contributed by atoms with Gasteiger partial charge < -0.3 is 5.32 Å². The van der Waals surface area contributed by atoms with Gasteiger partial charge in [0.1, 0.15) is 0 Å². The average Bonchev–Trinajstić information content (AvgIpc) is 2.38. The Labute approximate surface area is 118 Å². The average molecular weight is 312 g/mol. The Morgan fingerprint density at radius 1 is 1.28 bits per heavy atom. The maximum atomic E-state index is 12.2. The minimum absolute atomic E-state index is 0.0435. The molecule has 100 valence electrons. The fourth-order valence-electron chi connectivity index (χ4n) is 1.81. The topological polar surface area (TPSA) is 29.1 Å². The Morgan fingerprint density at radius 3 is 2.39 bits per heavy atom. The van der Waals surface area contributed by atoms with Crippen LogP contribution >= 0.6 is 15.9 Å². The molecular weight excluding hydrogens is 290 g/mol. The van der Waals surface area contributed by atoms with Crippen molar-refractivity contribution in [2.45, 2.75) is 37.9 Å². The van der Waals surface area contributed by atoms with Gasteiger partial charge in [-0.2, -0.15) is 0 Å². The third-order valence-electron chi connectivity index (χ3n) is 3.12. The van der Waals surface area contributed by atoms with Crippen LogP contribution in [0, 0.1) is 5.92 Å². The summed E-state index contributed by atoms with van der Waals surface area (Å²) in [5, 5.41) is 3.03. The molecule has 0 aliphatic heterocycles. The van der Waals surface area contributed by atoms with Gasteiger partial charge in [0.2, 0.25) is 5.91 Å². The summed E-state index contributed by atoms with van der Waals surface area (Å²) in [6.45, 7) is 7.01. The van der Waals surface area contributed by atoms with Crippen molar-refractivity contribution in [1.29, 1.82) is 0 Å². The lowest BCUT2D eigenvalue weighted by atomic mass is 9.95. The van der Waals surface area contributed by atoms with Gasteiger partial charge >= 0.3 is 0 Å². The van der Waals surface area contributed by atoms with Crippen LogP contribution in [0.5, 0.6) is 0 Å². The SMILES string of the molecule is CCC(C(=O)NCC(Br)C(C)C)c1ccccc1. The predicted octanol–water partition coefficient (Wildman–Crippen LogP) is 3.72. The molecule has 2 unspecified atom stereocenters. The summed E-state index contributed by atoms with van der Waals surface area (Å²) in [4.78, 5) is 12.5. The number of amides is 1. The van der Waals surface area contributed by atoms with E-state index < -0.39 is 0 Å². The molecule has 1 aromatic carbocycles. The molecule has 0 aliphatic rings. The summed E-state index contributed by atoms with van der Waals surface area (Å²) >= 11 is 3.58. The van der Waals surface area contributed by atoms with Crippen LogP contribution in [0.2, 0.25) is 0 Å². The van der Waals surface area contributed by atoms with Crippen molar-refractivity contribution >= 4 is 21.8 Å². The number of carbonyl (C=O) groups is 1. The quantitative estimate of drug-likeness (QED) is 0.797. The van der Waals surface area contributed by atoms with Crippen LogP contribution in [-0.4, -0.2) is 17.3 Å². The molecule has 2 nitrogen and oxygen atoms in total. The maximum absolute atomic E-state index is 12.2. The lowest BCUT2D eigenvalue weighted by Crippen LogP contribution is -2.35. The Morgan fingerprint density at radius 2 is 1.89 bits per heavy atom. The monoisotopic (exact) mass is 311 g/mol. The van der Waals surface area contributed by atoms with Gasteiger partial charge in [-0.15, -0.1) is 0 Å². The number of alkyl halides is 1. The zero-order valence-electron chi connectivity index (χ0n) is 11.3. The van der Waals surface area contributed by atoms with E-state index >= 15 is 0 Å². The van der Waals surface area contributed by atoms with Crippen LogP contribution in [0.3, 0.4) is 0 Å². The second kappa shape index (κ2) is 7.57. The van der Waals surface area contributed by atoms with Crippen molar-refractivity contribution in [3.8, 4) is 0 Å². The fourth-order valence-corrected chi connectivity index (χ4v) is 1.98. The van der Waals surface area contributed by atoms with E-state index in [2.05, 4.69) is 35.1 Å². The lowest BCUT2D eigenvalue weighted by Gasteiger charge is -2.18. The molecule has 1 aromatic rings. The largest absolute Gasteiger partial charge is 0.354 e. The third-order valence-corrected chi connectivity index (χ3v) is 4.50. The van der Waals surface area contributed by atoms with E-state index in [0.717, 1.165) is 12.0 Å². The maximum Gasteiger partial charge on any atom is 0.227 e. The first-order valence-corrected chi connectivity index (χ1v) is 7.44. The highest BCUT2D eigenvalue weighted by molar-refractivity contribution is 9.09. The van der Waals surface area contributed by atoms with Crippen molar-refractivity contribution in [1.82, 2.24) is 5.32 Å². The Bertz CT molecular complexity index is 364. The highest BCUT2D eigenvalue weighted by Crippen LogP contribution is 2.19. The number of hydrogen-bond donors (Lipinski definition) is 1. The molecule has 1 amide bonds. The predicted molar refractivity (Wildman–Crippen MR) is 80.0 cm³/mol. The number of hydrogen-bond acceptors (Lipinski definition) is 1. The summed E-state index contributed by atoms with van der Waals surface area (Å²) in [5.41, 5.74) is 1.09. The van der Waals surface area contributed by atoms with E-state index in [9.17, 15) is 4.79 Å². The van der Waals surface area contributed by atoms with E-state index in [4.69, 9.17) is 0 Å². The smallest absolute Gasteiger partial charge is 0.227 e. The zero-order valence-corrected chi connectivity index (χ0v) is 12.9. The number of halogens is 1. The van der Waals surface area contributed by atoms with Crippen molar-refractivity contribution < 1.29 is 4.79 Å². The molecule has 0 radical (unpaired) electrons. The molecule has 1 rings (SSSR count). The van der Waals surface area contributed by atoms with E-state index in [1.54, 1.807) is 0 Å².